The zero-order valence-electron chi connectivity index (χ0n) is 16.7. The number of rotatable bonds is 5. The lowest BCUT2D eigenvalue weighted by atomic mass is 10.00. The second-order valence-electron chi connectivity index (χ2n) is 7.02. The van der Waals surface area contributed by atoms with E-state index in [1.165, 1.54) is 24.3 Å². The number of hydrogen-bond acceptors (Lipinski definition) is 5. The zero-order chi connectivity index (χ0) is 21.7. The van der Waals surface area contributed by atoms with Crippen LogP contribution in [0.15, 0.2) is 60.8 Å². The van der Waals surface area contributed by atoms with Gasteiger partial charge in [-0.25, -0.2) is 9.59 Å². The molecule has 9 nitrogen and oxygen atoms in total. The van der Waals surface area contributed by atoms with Crippen LogP contribution in [0.2, 0.25) is 0 Å². The van der Waals surface area contributed by atoms with E-state index in [0.717, 1.165) is 0 Å². The number of piperidine rings is 1. The first kappa shape index (κ1) is 21.1. The standard InChI is InChI=1S/C21H24N4O5/c1-3-5-18-14-15(4-2)22-20(26)24(18)16-10-12-23(13-11-16)21(27)30-19-8-6-17(7-9-19)25(28)29/h3-9,14,16,18H,2,10-13H2,1H3,(H,22,26)/b5-3-. The van der Waals surface area contributed by atoms with E-state index in [1.54, 1.807) is 15.9 Å². The summed E-state index contributed by atoms with van der Waals surface area (Å²) < 4.78 is 5.32. The van der Waals surface area contributed by atoms with E-state index in [9.17, 15) is 19.7 Å². The normalized spacial score (nSPS) is 20.0. The highest BCUT2D eigenvalue weighted by atomic mass is 16.6. The number of nitrogens with one attached hydrogen (secondary N) is 1. The fourth-order valence-electron chi connectivity index (χ4n) is 3.63. The quantitative estimate of drug-likeness (QED) is 0.452. The lowest BCUT2D eigenvalue weighted by Gasteiger charge is -2.42. The number of ether oxygens (including phenoxy) is 1. The van der Waals surface area contributed by atoms with E-state index in [-0.39, 0.29) is 29.6 Å². The van der Waals surface area contributed by atoms with Gasteiger partial charge in [-0.15, -0.1) is 0 Å². The van der Waals surface area contributed by atoms with Crippen LogP contribution in [0.25, 0.3) is 0 Å². The van der Waals surface area contributed by atoms with Crippen molar-refractivity contribution in [3.8, 4) is 5.75 Å². The Morgan fingerprint density at radius 1 is 1.30 bits per heavy atom. The third-order valence-corrected chi connectivity index (χ3v) is 5.14. The minimum Gasteiger partial charge on any atom is -0.410 e. The number of allylic oxidation sites excluding steroid dienone is 2. The smallest absolute Gasteiger partial charge is 0.410 e. The second-order valence-corrected chi connectivity index (χ2v) is 7.02. The van der Waals surface area contributed by atoms with E-state index >= 15 is 0 Å². The van der Waals surface area contributed by atoms with E-state index in [4.69, 9.17) is 4.74 Å². The second kappa shape index (κ2) is 9.25. The molecule has 9 heteroatoms. The maximum absolute atomic E-state index is 12.6. The largest absolute Gasteiger partial charge is 0.415 e. The molecule has 2 heterocycles. The number of nitro groups is 1. The SMILES string of the molecule is C=CC1=CC(/C=C\C)N(C2CCN(C(=O)Oc3ccc([N+](=O)[O-])cc3)CC2)C(=O)N1. The highest BCUT2D eigenvalue weighted by molar-refractivity contribution is 5.79. The number of likely N-dealkylation sites (tertiary alicyclic amines) is 1. The van der Waals surface area contributed by atoms with Crippen LogP contribution in [0, 0.1) is 10.1 Å². The van der Waals surface area contributed by atoms with E-state index < -0.39 is 11.0 Å². The molecule has 0 spiro atoms. The van der Waals surface area contributed by atoms with Gasteiger partial charge in [0.25, 0.3) is 5.69 Å². The highest BCUT2D eigenvalue weighted by Crippen LogP contribution is 2.25. The van der Waals surface area contributed by atoms with Crippen molar-refractivity contribution in [2.45, 2.75) is 31.8 Å². The predicted octanol–water partition coefficient (Wildman–Crippen LogP) is 3.60. The summed E-state index contributed by atoms with van der Waals surface area (Å²) in [5, 5.41) is 13.5. The number of non-ortho nitro benzene ring substituents is 1. The van der Waals surface area contributed by atoms with Gasteiger partial charge < -0.3 is 19.9 Å². The first-order chi connectivity index (χ1) is 14.4. The van der Waals surface area contributed by atoms with Crippen LogP contribution in [-0.2, 0) is 0 Å². The molecule has 1 aromatic rings. The Balaban J connectivity index is 1.60. The topological polar surface area (TPSA) is 105 Å². The summed E-state index contributed by atoms with van der Waals surface area (Å²) in [6.45, 7) is 6.51. The molecule has 0 radical (unpaired) electrons. The number of nitro benzene ring substituents is 1. The van der Waals surface area contributed by atoms with Crippen molar-refractivity contribution in [3.05, 3.63) is 71.0 Å². The van der Waals surface area contributed by atoms with E-state index in [1.807, 2.05) is 25.2 Å². The van der Waals surface area contributed by atoms with Crippen molar-refractivity contribution in [1.82, 2.24) is 15.1 Å². The van der Waals surface area contributed by atoms with Crippen LogP contribution in [0.3, 0.4) is 0 Å². The summed E-state index contributed by atoms with van der Waals surface area (Å²) in [5.41, 5.74) is 0.614. The minimum absolute atomic E-state index is 0.0164. The van der Waals surface area contributed by atoms with Gasteiger partial charge in [0.15, 0.2) is 0 Å². The number of urea groups is 1. The van der Waals surface area contributed by atoms with Crippen LogP contribution < -0.4 is 10.1 Å². The number of nitrogens with zero attached hydrogens (tertiary/aromatic N) is 3. The first-order valence-corrected chi connectivity index (χ1v) is 9.70. The van der Waals surface area contributed by atoms with E-state index in [0.29, 0.717) is 31.6 Å². The van der Waals surface area contributed by atoms with E-state index in [2.05, 4.69) is 11.9 Å². The molecule has 30 heavy (non-hydrogen) atoms. The van der Waals surface area contributed by atoms with Crippen molar-refractivity contribution in [3.63, 3.8) is 0 Å². The molecule has 0 bridgehead atoms. The molecule has 1 N–H and O–H groups in total. The molecule has 0 aromatic heterocycles. The van der Waals surface area contributed by atoms with Gasteiger partial charge in [-0.05, 0) is 44.1 Å². The molecular formula is C21H24N4O5. The summed E-state index contributed by atoms with van der Waals surface area (Å²) in [4.78, 5) is 38.6. The molecule has 1 unspecified atom stereocenters. The average molecular weight is 412 g/mol. The third kappa shape index (κ3) is 4.68. The third-order valence-electron chi connectivity index (χ3n) is 5.14. The zero-order valence-corrected chi connectivity index (χ0v) is 16.7. The van der Waals surface area contributed by atoms with Gasteiger partial charge in [0.1, 0.15) is 5.75 Å². The average Bonchev–Trinajstić information content (AvgIpc) is 2.74. The Hall–Kier alpha value is -3.62. The van der Waals surface area contributed by atoms with Gasteiger partial charge in [0.2, 0.25) is 0 Å². The Labute approximate surface area is 174 Å². The Morgan fingerprint density at radius 2 is 1.97 bits per heavy atom. The molecule has 3 amide bonds. The molecular weight excluding hydrogens is 388 g/mol. The van der Waals surface area contributed by atoms with Crippen molar-refractivity contribution in [1.29, 1.82) is 0 Å². The van der Waals surface area contributed by atoms with Crippen molar-refractivity contribution < 1.29 is 19.2 Å². The van der Waals surface area contributed by atoms with Crippen molar-refractivity contribution in [2.24, 2.45) is 0 Å². The molecule has 1 atom stereocenters. The number of amides is 3. The summed E-state index contributed by atoms with van der Waals surface area (Å²) >= 11 is 0. The summed E-state index contributed by atoms with van der Waals surface area (Å²) in [5.74, 6) is 0.248. The van der Waals surface area contributed by atoms with Crippen LogP contribution in [-0.4, -0.2) is 52.0 Å². The molecule has 1 aromatic carbocycles. The lowest BCUT2D eigenvalue weighted by molar-refractivity contribution is -0.384. The molecule has 0 aliphatic carbocycles. The Kier molecular flexibility index (Phi) is 6.51. The molecule has 1 fully saturated rings. The molecule has 0 saturated carbocycles. The van der Waals surface area contributed by atoms with Crippen LogP contribution in [0.4, 0.5) is 15.3 Å². The summed E-state index contributed by atoms with van der Waals surface area (Å²) in [7, 11) is 0. The number of carbonyl (C=O) groups excluding carboxylic acids is 2. The van der Waals surface area contributed by atoms with Gasteiger partial charge in [-0.3, -0.25) is 10.1 Å². The molecule has 3 rings (SSSR count). The van der Waals surface area contributed by atoms with Gasteiger partial charge in [0.05, 0.1) is 11.0 Å². The fourth-order valence-corrected chi connectivity index (χ4v) is 3.63. The van der Waals surface area contributed by atoms with Gasteiger partial charge >= 0.3 is 12.1 Å². The first-order valence-electron chi connectivity index (χ1n) is 9.70. The maximum atomic E-state index is 12.6. The van der Waals surface area contributed by atoms with Gasteiger partial charge in [-0.1, -0.05) is 18.7 Å². The summed E-state index contributed by atoms with van der Waals surface area (Å²) in [6, 6.07) is 5.00. The number of benzene rings is 1. The molecule has 2 aliphatic rings. The lowest BCUT2D eigenvalue weighted by Crippen LogP contribution is -2.56. The van der Waals surface area contributed by atoms with Gasteiger partial charge in [-0.2, -0.15) is 0 Å². The molecule has 1 saturated heterocycles. The van der Waals surface area contributed by atoms with Crippen molar-refractivity contribution in [2.75, 3.05) is 13.1 Å². The number of carbonyl (C=O) groups is 2. The minimum atomic E-state index is -0.513. The molecule has 158 valence electrons. The maximum Gasteiger partial charge on any atom is 0.415 e. The molecule has 2 aliphatic heterocycles. The predicted molar refractivity (Wildman–Crippen MR) is 111 cm³/mol. The van der Waals surface area contributed by atoms with Crippen LogP contribution >= 0.6 is 0 Å². The Bertz CT molecular complexity index is 885. The highest BCUT2D eigenvalue weighted by Gasteiger charge is 2.35. The fraction of sp³-hybridized carbons (Fsp3) is 0.333. The van der Waals surface area contributed by atoms with Gasteiger partial charge in [0, 0.05) is 37.0 Å². The number of hydrogen-bond donors (Lipinski definition) is 1. The van der Waals surface area contributed by atoms with Crippen LogP contribution in [0.1, 0.15) is 19.8 Å². The Morgan fingerprint density at radius 3 is 2.53 bits per heavy atom. The monoisotopic (exact) mass is 412 g/mol. The van der Waals surface area contributed by atoms with Crippen molar-refractivity contribution >= 4 is 17.8 Å². The van der Waals surface area contributed by atoms with Crippen LogP contribution in [0.5, 0.6) is 5.75 Å². The summed E-state index contributed by atoms with van der Waals surface area (Å²) in [6.07, 6.45) is 8.15.